The first kappa shape index (κ1) is 17.8. The van der Waals surface area contributed by atoms with Gasteiger partial charge in [-0.05, 0) is 42.2 Å². The largest absolute Gasteiger partial charge is 0.380 e. The maximum absolute atomic E-state index is 12.8. The predicted octanol–water partition coefficient (Wildman–Crippen LogP) is 0.771. The molecular formula is C21H20N4O4. The number of benzene rings is 1. The summed E-state index contributed by atoms with van der Waals surface area (Å²) in [6.45, 7) is 0.732. The number of aromatic nitrogens is 1. The SMILES string of the molecule is O=C(CNC(=O)C1COC1)Nc1ccc2c(c1)CC1(C2)C(=O)Nc2ncccc21. The molecule has 3 N–H and O–H groups in total. The minimum atomic E-state index is -0.632. The first-order valence-corrected chi connectivity index (χ1v) is 9.59. The highest BCUT2D eigenvalue weighted by atomic mass is 16.5. The lowest BCUT2D eigenvalue weighted by atomic mass is 9.79. The van der Waals surface area contributed by atoms with Crippen LogP contribution >= 0.6 is 0 Å². The second-order valence-electron chi connectivity index (χ2n) is 7.77. The van der Waals surface area contributed by atoms with Gasteiger partial charge in [-0.25, -0.2) is 4.98 Å². The van der Waals surface area contributed by atoms with Crippen molar-refractivity contribution in [1.29, 1.82) is 0 Å². The Morgan fingerprint density at radius 2 is 2.03 bits per heavy atom. The van der Waals surface area contributed by atoms with Crippen molar-refractivity contribution in [2.45, 2.75) is 18.3 Å². The van der Waals surface area contributed by atoms with Gasteiger partial charge in [0.2, 0.25) is 17.7 Å². The van der Waals surface area contributed by atoms with Crippen molar-refractivity contribution in [2.75, 3.05) is 30.4 Å². The Labute approximate surface area is 167 Å². The third-order valence-electron chi connectivity index (χ3n) is 5.90. The third-order valence-corrected chi connectivity index (χ3v) is 5.90. The molecule has 0 saturated carbocycles. The van der Waals surface area contributed by atoms with Crippen molar-refractivity contribution >= 4 is 29.2 Å². The van der Waals surface area contributed by atoms with E-state index in [1.165, 1.54) is 0 Å². The molecule has 148 valence electrons. The quantitative estimate of drug-likeness (QED) is 0.712. The van der Waals surface area contributed by atoms with Crippen LogP contribution in [-0.4, -0.2) is 42.5 Å². The molecule has 1 fully saturated rings. The van der Waals surface area contributed by atoms with Gasteiger partial charge in [0.05, 0.1) is 31.1 Å². The van der Waals surface area contributed by atoms with Crippen LogP contribution in [0.2, 0.25) is 0 Å². The minimum absolute atomic E-state index is 0.0318. The van der Waals surface area contributed by atoms with Crippen LogP contribution in [0.1, 0.15) is 16.7 Å². The lowest BCUT2D eigenvalue weighted by Gasteiger charge is -2.24. The molecule has 1 spiro atoms. The Morgan fingerprint density at radius 1 is 1.21 bits per heavy atom. The van der Waals surface area contributed by atoms with E-state index in [0.717, 1.165) is 16.7 Å². The van der Waals surface area contributed by atoms with Crippen molar-refractivity contribution < 1.29 is 19.1 Å². The highest BCUT2D eigenvalue weighted by Crippen LogP contribution is 2.46. The summed E-state index contributed by atoms with van der Waals surface area (Å²) in [6, 6.07) is 9.48. The first-order chi connectivity index (χ1) is 14.0. The van der Waals surface area contributed by atoms with Gasteiger partial charge in [0.1, 0.15) is 5.82 Å². The van der Waals surface area contributed by atoms with Gasteiger partial charge < -0.3 is 20.7 Å². The minimum Gasteiger partial charge on any atom is -0.380 e. The van der Waals surface area contributed by atoms with Crippen LogP contribution in [0.3, 0.4) is 0 Å². The number of nitrogens with zero attached hydrogens (tertiary/aromatic N) is 1. The molecule has 8 heteroatoms. The molecule has 0 radical (unpaired) electrons. The molecule has 29 heavy (non-hydrogen) atoms. The smallest absolute Gasteiger partial charge is 0.243 e. The van der Waals surface area contributed by atoms with E-state index in [1.54, 1.807) is 6.20 Å². The summed E-state index contributed by atoms with van der Waals surface area (Å²) >= 11 is 0. The van der Waals surface area contributed by atoms with E-state index in [0.29, 0.717) is 37.6 Å². The maximum atomic E-state index is 12.8. The van der Waals surface area contributed by atoms with Crippen molar-refractivity contribution in [2.24, 2.45) is 5.92 Å². The highest BCUT2D eigenvalue weighted by Gasteiger charge is 2.51. The topological polar surface area (TPSA) is 109 Å². The molecule has 5 rings (SSSR count). The number of pyridine rings is 1. The van der Waals surface area contributed by atoms with E-state index in [-0.39, 0.29) is 30.2 Å². The summed E-state index contributed by atoms with van der Waals surface area (Å²) in [5.41, 5.74) is 3.07. The molecule has 1 aliphatic carbocycles. The second-order valence-corrected chi connectivity index (χ2v) is 7.77. The summed E-state index contributed by atoms with van der Waals surface area (Å²) in [5, 5.41) is 8.32. The molecule has 1 unspecified atom stereocenters. The number of anilines is 2. The van der Waals surface area contributed by atoms with Gasteiger partial charge in [0, 0.05) is 17.4 Å². The summed E-state index contributed by atoms with van der Waals surface area (Å²) in [4.78, 5) is 41.0. The number of carbonyl (C=O) groups excluding carboxylic acids is 3. The Morgan fingerprint density at radius 3 is 2.83 bits per heavy atom. The number of nitrogens with one attached hydrogen (secondary N) is 3. The average molecular weight is 392 g/mol. The zero-order chi connectivity index (χ0) is 20.0. The number of hydrogen-bond acceptors (Lipinski definition) is 5. The van der Waals surface area contributed by atoms with E-state index < -0.39 is 5.41 Å². The van der Waals surface area contributed by atoms with Crippen LogP contribution in [0.4, 0.5) is 11.5 Å². The predicted molar refractivity (Wildman–Crippen MR) is 104 cm³/mol. The normalized spacial score (nSPS) is 21.9. The van der Waals surface area contributed by atoms with Gasteiger partial charge in [0.15, 0.2) is 0 Å². The third kappa shape index (κ3) is 2.96. The van der Waals surface area contributed by atoms with Gasteiger partial charge in [-0.15, -0.1) is 0 Å². The molecule has 0 bridgehead atoms. The van der Waals surface area contributed by atoms with Gasteiger partial charge in [-0.3, -0.25) is 14.4 Å². The van der Waals surface area contributed by atoms with E-state index in [1.807, 2.05) is 30.3 Å². The molecule has 1 atom stereocenters. The lowest BCUT2D eigenvalue weighted by molar-refractivity contribution is -0.139. The number of carbonyl (C=O) groups is 3. The Kier molecular flexibility index (Phi) is 4.09. The summed E-state index contributed by atoms with van der Waals surface area (Å²) in [7, 11) is 0. The molecule has 1 aromatic heterocycles. The molecule has 1 aromatic carbocycles. The maximum Gasteiger partial charge on any atom is 0.243 e. The fourth-order valence-electron chi connectivity index (χ4n) is 4.25. The van der Waals surface area contributed by atoms with Crippen LogP contribution in [-0.2, 0) is 37.4 Å². The van der Waals surface area contributed by atoms with Crippen LogP contribution in [0.5, 0.6) is 0 Å². The lowest BCUT2D eigenvalue weighted by Crippen LogP contribution is -2.44. The number of fused-ring (bicyclic) bond motifs is 3. The summed E-state index contributed by atoms with van der Waals surface area (Å²) < 4.78 is 4.98. The Balaban J connectivity index is 1.28. The Hall–Kier alpha value is -3.26. The van der Waals surface area contributed by atoms with E-state index in [9.17, 15) is 14.4 Å². The van der Waals surface area contributed by atoms with Crippen LogP contribution in [0.15, 0.2) is 36.5 Å². The monoisotopic (exact) mass is 392 g/mol. The molecule has 8 nitrogen and oxygen atoms in total. The number of amides is 3. The second kappa shape index (κ2) is 6.66. The number of ether oxygens (including phenoxy) is 1. The zero-order valence-corrected chi connectivity index (χ0v) is 15.7. The van der Waals surface area contributed by atoms with Crippen molar-refractivity contribution in [1.82, 2.24) is 10.3 Å². The fraction of sp³-hybridized carbons (Fsp3) is 0.333. The molecule has 1 saturated heterocycles. The average Bonchev–Trinajstić information content (AvgIpc) is 3.17. The molecular weight excluding hydrogens is 372 g/mol. The summed E-state index contributed by atoms with van der Waals surface area (Å²) in [5.74, 6) is -0.0164. The molecule has 3 aliphatic rings. The Bertz CT molecular complexity index is 1030. The van der Waals surface area contributed by atoms with E-state index in [4.69, 9.17) is 4.74 Å². The molecule has 2 aromatic rings. The highest BCUT2D eigenvalue weighted by molar-refractivity contribution is 6.06. The molecule has 3 heterocycles. The van der Waals surface area contributed by atoms with Crippen molar-refractivity contribution in [3.05, 3.63) is 53.2 Å². The van der Waals surface area contributed by atoms with Crippen LogP contribution in [0, 0.1) is 5.92 Å². The van der Waals surface area contributed by atoms with Crippen molar-refractivity contribution in [3.63, 3.8) is 0 Å². The number of hydrogen-bond donors (Lipinski definition) is 3. The van der Waals surface area contributed by atoms with E-state index >= 15 is 0 Å². The van der Waals surface area contributed by atoms with Gasteiger partial charge in [0.25, 0.3) is 0 Å². The molecule has 2 aliphatic heterocycles. The first-order valence-electron chi connectivity index (χ1n) is 9.59. The van der Waals surface area contributed by atoms with Gasteiger partial charge in [-0.2, -0.15) is 0 Å². The van der Waals surface area contributed by atoms with Gasteiger partial charge >= 0.3 is 0 Å². The van der Waals surface area contributed by atoms with E-state index in [2.05, 4.69) is 20.9 Å². The zero-order valence-electron chi connectivity index (χ0n) is 15.7. The van der Waals surface area contributed by atoms with Gasteiger partial charge in [-0.1, -0.05) is 12.1 Å². The molecule has 3 amide bonds. The standard InChI is InChI=1S/C21H20N4O4/c26-17(9-23-19(27)14-10-29-11-14)24-15-4-3-12-7-21(8-13(12)6-15)16-2-1-5-22-18(16)25-20(21)28/h1-6,14H,7-11H2,(H,23,27)(H,24,26)(H,22,25,28). The summed E-state index contributed by atoms with van der Waals surface area (Å²) in [6.07, 6.45) is 2.85. The fourth-order valence-corrected chi connectivity index (χ4v) is 4.25. The van der Waals surface area contributed by atoms with Crippen molar-refractivity contribution in [3.8, 4) is 0 Å². The van der Waals surface area contributed by atoms with Crippen LogP contribution in [0.25, 0.3) is 0 Å². The number of rotatable bonds is 4. The van der Waals surface area contributed by atoms with Crippen LogP contribution < -0.4 is 16.0 Å².